The number of nitrogens with one attached hydrogen (secondary N) is 1. The van der Waals surface area contributed by atoms with Gasteiger partial charge in [0.1, 0.15) is 5.75 Å². The second kappa shape index (κ2) is 8.17. The summed E-state index contributed by atoms with van der Waals surface area (Å²) in [5.74, 6) is 0.453. The number of hydrogen-bond acceptors (Lipinski definition) is 3. The van der Waals surface area contributed by atoms with Crippen LogP contribution in [0.2, 0.25) is 0 Å². The van der Waals surface area contributed by atoms with E-state index in [2.05, 4.69) is 5.32 Å². The van der Waals surface area contributed by atoms with E-state index in [4.69, 9.17) is 9.47 Å². The van der Waals surface area contributed by atoms with Crippen LogP contribution in [0.3, 0.4) is 0 Å². The second-order valence-electron chi connectivity index (χ2n) is 5.10. The van der Waals surface area contributed by atoms with E-state index in [0.717, 1.165) is 11.3 Å². The van der Waals surface area contributed by atoms with Gasteiger partial charge in [0, 0.05) is 13.0 Å². The Hall–Kier alpha value is -2.56. The minimum Gasteiger partial charge on any atom is -0.497 e. The molecule has 0 aliphatic rings. The first-order chi connectivity index (χ1) is 11.1. The highest BCUT2D eigenvalue weighted by Gasteiger charge is 2.06. The topological polar surface area (TPSA) is 47.6 Å². The Bertz CT molecular complexity index is 673. The maximum Gasteiger partial charge on any atom is 0.220 e. The molecule has 0 fully saturated rings. The number of carbonyl (C=O) groups is 1. The SMILES string of the molecule is COc1cccc(CCC(=O)NCc2ccc(OC)c(F)c2)c1. The number of halogens is 1. The second-order valence-corrected chi connectivity index (χ2v) is 5.10. The van der Waals surface area contributed by atoms with Crippen molar-refractivity contribution in [2.24, 2.45) is 0 Å². The van der Waals surface area contributed by atoms with Crippen LogP contribution >= 0.6 is 0 Å². The van der Waals surface area contributed by atoms with Crippen LogP contribution < -0.4 is 14.8 Å². The standard InChI is InChI=1S/C18H20FNO3/c1-22-15-5-3-4-13(10-15)7-9-18(21)20-12-14-6-8-17(23-2)16(19)11-14/h3-6,8,10-11H,7,9,12H2,1-2H3,(H,20,21). The van der Waals surface area contributed by atoms with Crippen molar-refractivity contribution in [1.82, 2.24) is 5.32 Å². The van der Waals surface area contributed by atoms with Crippen molar-refractivity contribution in [3.05, 3.63) is 59.4 Å². The molecule has 0 heterocycles. The summed E-state index contributed by atoms with van der Waals surface area (Å²) in [7, 11) is 3.03. The first kappa shape index (κ1) is 16.8. The van der Waals surface area contributed by atoms with E-state index in [-0.39, 0.29) is 18.2 Å². The highest BCUT2D eigenvalue weighted by molar-refractivity contribution is 5.76. The minimum atomic E-state index is -0.435. The smallest absolute Gasteiger partial charge is 0.220 e. The zero-order valence-corrected chi connectivity index (χ0v) is 13.3. The Labute approximate surface area is 135 Å². The van der Waals surface area contributed by atoms with E-state index >= 15 is 0 Å². The van der Waals surface area contributed by atoms with E-state index in [0.29, 0.717) is 18.4 Å². The van der Waals surface area contributed by atoms with Gasteiger partial charge in [-0.1, -0.05) is 18.2 Å². The molecule has 0 unspecified atom stereocenters. The molecule has 122 valence electrons. The maximum atomic E-state index is 13.6. The summed E-state index contributed by atoms with van der Waals surface area (Å²) in [6.45, 7) is 0.290. The third-order valence-corrected chi connectivity index (χ3v) is 3.48. The Balaban J connectivity index is 1.82. The number of ether oxygens (including phenoxy) is 2. The number of carbonyl (C=O) groups excluding carboxylic acids is 1. The number of rotatable bonds is 7. The van der Waals surface area contributed by atoms with E-state index in [1.807, 2.05) is 24.3 Å². The molecule has 2 aromatic rings. The lowest BCUT2D eigenvalue weighted by atomic mass is 10.1. The van der Waals surface area contributed by atoms with E-state index in [1.165, 1.54) is 13.2 Å². The van der Waals surface area contributed by atoms with Crippen LogP contribution in [0.25, 0.3) is 0 Å². The molecule has 23 heavy (non-hydrogen) atoms. The third kappa shape index (κ3) is 4.98. The molecule has 1 amide bonds. The molecular weight excluding hydrogens is 297 g/mol. The Morgan fingerprint density at radius 2 is 1.91 bits per heavy atom. The molecule has 4 nitrogen and oxygen atoms in total. The normalized spacial score (nSPS) is 10.2. The van der Waals surface area contributed by atoms with Gasteiger partial charge in [0.05, 0.1) is 14.2 Å². The number of hydrogen-bond donors (Lipinski definition) is 1. The fraction of sp³-hybridized carbons (Fsp3) is 0.278. The molecule has 0 radical (unpaired) electrons. The van der Waals surface area contributed by atoms with Crippen LogP contribution in [0.15, 0.2) is 42.5 Å². The zero-order chi connectivity index (χ0) is 16.7. The van der Waals surface area contributed by atoms with Crippen molar-refractivity contribution >= 4 is 5.91 Å². The lowest BCUT2D eigenvalue weighted by Crippen LogP contribution is -2.23. The summed E-state index contributed by atoms with van der Waals surface area (Å²) in [6, 6.07) is 12.3. The minimum absolute atomic E-state index is 0.0796. The third-order valence-electron chi connectivity index (χ3n) is 3.48. The average Bonchev–Trinajstić information content (AvgIpc) is 2.58. The largest absolute Gasteiger partial charge is 0.497 e. The molecule has 5 heteroatoms. The van der Waals surface area contributed by atoms with E-state index < -0.39 is 5.82 Å². The van der Waals surface area contributed by atoms with Crippen molar-refractivity contribution in [3.63, 3.8) is 0 Å². The molecule has 0 spiro atoms. The van der Waals surface area contributed by atoms with Gasteiger partial charge in [0.15, 0.2) is 11.6 Å². The number of methoxy groups -OCH3 is 2. The fourth-order valence-corrected chi connectivity index (χ4v) is 2.19. The van der Waals surface area contributed by atoms with Gasteiger partial charge in [0.2, 0.25) is 5.91 Å². The summed E-state index contributed by atoms with van der Waals surface area (Å²) in [4.78, 5) is 11.9. The number of benzene rings is 2. The van der Waals surface area contributed by atoms with Crippen molar-refractivity contribution < 1.29 is 18.7 Å². The van der Waals surface area contributed by atoms with Gasteiger partial charge in [-0.15, -0.1) is 0 Å². The molecule has 0 atom stereocenters. The summed E-state index contributed by atoms with van der Waals surface area (Å²) in [6.07, 6.45) is 0.992. The van der Waals surface area contributed by atoms with Crippen molar-refractivity contribution in [2.45, 2.75) is 19.4 Å². The summed E-state index contributed by atoms with van der Waals surface area (Å²) < 4.78 is 23.6. The molecule has 0 aliphatic carbocycles. The van der Waals surface area contributed by atoms with E-state index in [9.17, 15) is 9.18 Å². The molecule has 0 aromatic heterocycles. The van der Waals surface area contributed by atoms with Crippen LogP contribution in [0.4, 0.5) is 4.39 Å². The van der Waals surface area contributed by atoms with Crippen LogP contribution in [-0.4, -0.2) is 20.1 Å². The molecule has 2 rings (SSSR count). The molecular formula is C18H20FNO3. The lowest BCUT2D eigenvalue weighted by molar-refractivity contribution is -0.121. The highest BCUT2D eigenvalue weighted by Crippen LogP contribution is 2.17. The van der Waals surface area contributed by atoms with Gasteiger partial charge < -0.3 is 14.8 Å². The summed E-state index contributed by atoms with van der Waals surface area (Å²) in [5.41, 5.74) is 1.73. The van der Waals surface area contributed by atoms with Gasteiger partial charge in [-0.3, -0.25) is 4.79 Å². The van der Waals surface area contributed by atoms with Crippen LogP contribution in [-0.2, 0) is 17.8 Å². The summed E-state index contributed by atoms with van der Waals surface area (Å²) >= 11 is 0. The van der Waals surface area contributed by atoms with Crippen molar-refractivity contribution in [3.8, 4) is 11.5 Å². The van der Waals surface area contributed by atoms with Crippen LogP contribution in [0, 0.1) is 5.82 Å². The van der Waals surface area contributed by atoms with Crippen molar-refractivity contribution in [1.29, 1.82) is 0 Å². The van der Waals surface area contributed by atoms with Gasteiger partial charge in [0.25, 0.3) is 0 Å². The van der Waals surface area contributed by atoms with Crippen molar-refractivity contribution in [2.75, 3.05) is 14.2 Å². The highest BCUT2D eigenvalue weighted by atomic mass is 19.1. The molecule has 1 N–H and O–H groups in total. The van der Waals surface area contributed by atoms with Gasteiger partial charge >= 0.3 is 0 Å². The summed E-state index contributed by atoms with van der Waals surface area (Å²) in [5, 5.41) is 2.78. The predicted molar refractivity (Wildman–Crippen MR) is 86.1 cm³/mol. The Kier molecular flexibility index (Phi) is 5.97. The first-order valence-corrected chi connectivity index (χ1v) is 7.34. The lowest BCUT2D eigenvalue weighted by Gasteiger charge is -2.08. The van der Waals surface area contributed by atoms with E-state index in [1.54, 1.807) is 19.2 Å². The quantitative estimate of drug-likeness (QED) is 0.853. The molecule has 2 aromatic carbocycles. The fourth-order valence-electron chi connectivity index (χ4n) is 2.19. The van der Waals surface area contributed by atoms with Gasteiger partial charge in [-0.2, -0.15) is 0 Å². The average molecular weight is 317 g/mol. The zero-order valence-electron chi connectivity index (χ0n) is 13.3. The number of aryl methyl sites for hydroxylation is 1. The monoisotopic (exact) mass is 317 g/mol. The predicted octanol–water partition coefficient (Wildman–Crippen LogP) is 3.09. The molecule has 0 bridgehead atoms. The molecule has 0 saturated carbocycles. The Morgan fingerprint density at radius 3 is 2.61 bits per heavy atom. The van der Waals surface area contributed by atoms with Crippen LogP contribution in [0.1, 0.15) is 17.5 Å². The first-order valence-electron chi connectivity index (χ1n) is 7.34. The molecule has 0 saturated heterocycles. The maximum absolute atomic E-state index is 13.6. The number of amides is 1. The van der Waals surface area contributed by atoms with Crippen LogP contribution in [0.5, 0.6) is 11.5 Å². The van der Waals surface area contributed by atoms with Gasteiger partial charge in [-0.05, 0) is 41.8 Å². The van der Waals surface area contributed by atoms with Gasteiger partial charge in [-0.25, -0.2) is 4.39 Å². The molecule has 0 aliphatic heterocycles. The Morgan fingerprint density at radius 1 is 1.09 bits per heavy atom.